The van der Waals surface area contributed by atoms with Crippen molar-refractivity contribution in [3.63, 3.8) is 0 Å². The highest BCUT2D eigenvalue weighted by Crippen LogP contribution is 2.36. The van der Waals surface area contributed by atoms with Gasteiger partial charge >= 0.3 is 5.97 Å². The molecular formula is C12H22N2O2. The van der Waals surface area contributed by atoms with Crippen molar-refractivity contribution in [2.75, 3.05) is 26.7 Å². The van der Waals surface area contributed by atoms with E-state index in [-0.39, 0.29) is 6.04 Å². The van der Waals surface area contributed by atoms with Gasteiger partial charge in [-0.15, -0.1) is 0 Å². The van der Waals surface area contributed by atoms with E-state index in [1.807, 2.05) is 7.05 Å². The molecular weight excluding hydrogens is 204 g/mol. The van der Waals surface area contributed by atoms with Gasteiger partial charge in [0.2, 0.25) is 0 Å². The molecule has 1 aliphatic carbocycles. The summed E-state index contributed by atoms with van der Waals surface area (Å²) in [5.41, 5.74) is 0. The summed E-state index contributed by atoms with van der Waals surface area (Å²) in [7, 11) is 1.97. The number of piperidine rings is 1. The second kappa shape index (κ2) is 5.15. The van der Waals surface area contributed by atoms with Crippen LogP contribution in [0.1, 0.15) is 25.7 Å². The Morgan fingerprint density at radius 1 is 1.50 bits per heavy atom. The van der Waals surface area contributed by atoms with Crippen LogP contribution in [-0.4, -0.2) is 48.7 Å². The molecule has 1 saturated carbocycles. The largest absolute Gasteiger partial charge is 0.480 e. The lowest BCUT2D eigenvalue weighted by molar-refractivity contribution is -0.145. The van der Waals surface area contributed by atoms with E-state index in [1.165, 1.54) is 6.42 Å². The molecule has 2 fully saturated rings. The number of nitrogens with one attached hydrogen (secondary N) is 1. The van der Waals surface area contributed by atoms with Crippen molar-refractivity contribution in [2.45, 2.75) is 31.7 Å². The van der Waals surface area contributed by atoms with Crippen molar-refractivity contribution in [1.29, 1.82) is 0 Å². The molecule has 1 aliphatic heterocycles. The summed E-state index contributed by atoms with van der Waals surface area (Å²) in [6.45, 7) is 2.93. The SMILES string of the molecule is CNCC1CCCN(C(C(=O)O)C2CC2)C1. The van der Waals surface area contributed by atoms with Crippen LogP contribution in [-0.2, 0) is 4.79 Å². The topological polar surface area (TPSA) is 52.6 Å². The van der Waals surface area contributed by atoms with Crippen molar-refractivity contribution in [3.05, 3.63) is 0 Å². The number of carboxylic acid groups (broad SMARTS) is 1. The molecule has 2 unspecified atom stereocenters. The van der Waals surface area contributed by atoms with Crippen LogP contribution in [0.15, 0.2) is 0 Å². The Morgan fingerprint density at radius 3 is 2.81 bits per heavy atom. The second-order valence-corrected chi connectivity index (χ2v) is 5.18. The van der Waals surface area contributed by atoms with Crippen molar-refractivity contribution in [3.8, 4) is 0 Å². The summed E-state index contributed by atoms with van der Waals surface area (Å²) in [6, 6.07) is -0.209. The third kappa shape index (κ3) is 2.74. The van der Waals surface area contributed by atoms with Gasteiger partial charge in [-0.1, -0.05) is 0 Å². The fourth-order valence-electron chi connectivity index (χ4n) is 2.87. The zero-order chi connectivity index (χ0) is 11.5. The van der Waals surface area contributed by atoms with Gasteiger partial charge < -0.3 is 10.4 Å². The number of carboxylic acids is 1. The van der Waals surface area contributed by atoms with Crippen LogP contribution in [0.25, 0.3) is 0 Å². The minimum atomic E-state index is -0.618. The van der Waals surface area contributed by atoms with Gasteiger partial charge in [0.15, 0.2) is 0 Å². The number of likely N-dealkylation sites (tertiary alicyclic amines) is 1. The van der Waals surface area contributed by atoms with Crippen LogP contribution in [0.2, 0.25) is 0 Å². The summed E-state index contributed by atoms with van der Waals surface area (Å²) in [6.07, 6.45) is 4.57. The maximum Gasteiger partial charge on any atom is 0.321 e. The van der Waals surface area contributed by atoms with E-state index in [0.717, 1.165) is 38.9 Å². The van der Waals surface area contributed by atoms with E-state index in [0.29, 0.717) is 11.8 Å². The van der Waals surface area contributed by atoms with E-state index in [1.54, 1.807) is 0 Å². The smallest absolute Gasteiger partial charge is 0.321 e. The third-order valence-corrected chi connectivity index (χ3v) is 3.76. The van der Waals surface area contributed by atoms with Crippen molar-refractivity contribution < 1.29 is 9.90 Å². The lowest BCUT2D eigenvalue weighted by Crippen LogP contribution is -2.49. The van der Waals surface area contributed by atoms with Crippen LogP contribution >= 0.6 is 0 Å². The monoisotopic (exact) mass is 226 g/mol. The molecule has 2 rings (SSSR count). The molecule has 2 N–H and O–H groups in total. The first kappa shape index (κ1) is 11.9. The Hall–Kier alpha value is -0.610. The maximum absolute atomic E-state index is 11.3. The number of carbonyl (C=O) groups is 1. The van der Waals surface area contributed by atoms with Crippen LogP contribution in [0.5, 0.6) is 0 Å². The molecule has 4 nitrogen and oxygen atoms in total. The van der Waals surface area contributed by atoms with Gasteiger partial charge in [-0.25, -0.2) is 0 Å². The number of nitrogens with zero attached hydrogens (tertiary/aromatic N) is 1. The molecule has 0 aromatic carbocycles. The van der Waals surface area contributed by atoms with Crippen LogP contribution < -0.4 is 5.32 Å². The molecule has 1 saturated heterocycles. The average Bonchev–Trinajstić information content (AvgIpc) is 3.03. The van der Waals surface area contributed by atoms with Crippen LogP contribution in [0.3, 0.4) is 0 Å². The van der Waals surface area contributed by atoms with Gasteiger partial charge in [-0.05, 0) is 57.7 Å². The van der Waals surface area contributed by atoms with Crippen LogP contribution in [0.4, 0.5) is 0 Å². The molecule has 16 heavy (non-hydrogen) atoms. The highest BCUT2D eigenvalue weighted by molar-refractivity contribution is 5.74. The first-order valence-electron chi connectivity index (χ1n) is 6.34. The number of hydrogen-bond acceptors (Lipinski definition) is 3. The third-order valence-electron chi connectivity index (χ3n) is 3.76. The molecule has 0 amide bonds. The summed E-state index contributed by atoms with van der Waals surface area (Å²) in [4.78, 5) is 13.5. The Kier molecular flexibility index (Phi) is 3.82. The van der Waals surface area contributed by atoms with Gasteiger partial charge in [0, 0.05) is 6.54 Å². The lowest BCUT2D eigenvalue weighted by atomic mass is 9.95. The zero-order valence-electron chi connectivity index (χ0n) is 9.98. The first-order valence-corrected chi connectivity index (χ1v) is 6.34. The van der Waals surface area contributed by atoms with Gasteiger partial charge in [-0.3, -0.25) is 9.69 Å². The normalized spacial score (nSPS) is 28.9. The van der Waals surface area contributed by atoms with Gasteiger partial charge in [0.1, 0.15) is 6.04 Å². The quantitative estimate of drug-likeness (QED) is 0.727. The number of hydrogen-bond donors (Lipinski definition) is 2. The standard InChI is InChI=1S/C12H22N2O2/c1-13-7-9-3-2-6-14(8-9)11(12(15)16)10-4-5-10/h9-11,13H,2-8H2,1H3,(H,15,16). The molecule has 92 valence electrons. The van der Waals surface area contributed by atoms with E-state index < -0.39 is 5.97 Å². The molecule has 2 atom stereocenters. The van der Waals surface area contributed by atoms with Crippen molar-refractivity contribution >= 4 is 5.97 Å². The average molecular weight is 226 g/mol. The maximum atomic E-state index is 11.3. The summed E-state index contributed by atoms with van der Waals surface area (Å²) < 4.78 is 0. The predicted molar refractivity (Wildman–Crippen MR) is 62.4 cm³/mol. The van der Waals surface area contributed by atoms with Crippen molar-refractivity contribution in [1.82, 2.24) is 10.2 Å². The number of rotatable bonds is 5. The summed E-state index contributed by atoms with van der Waals surface area (Å²) in [5, 5.41) is 12.5. The highest BCUT2D eigenvalue weighted by Gasteiger charge is 2.41. The van der Waals surface area contributed by atoms with Crippen LogP contribution in [0, 0.1) is 11.8 Å². The van der Waals surface area contributed by atoms with Gasteiger partial charge in [0.25, 0.3) is 0 Å². The van der Waals surface area contributed by atoms with Gasteiger partial charge in [0.05, 0.1) is 0 Å². The first-order chi connectivity index (χ1) is 7.72. The molecule has 2 aliphatic rings. The van der Waals surface area contributed by atoms with E-state index >= 15 is 0 Å². The molecule has 0 bridgehead atoms. The zero-order valence-corrected chi connectivity index (χ0v) is 9.98. The molecule has 0 aromatic heterocycles. The fraction of sp³-hybridized carbons (Fsp3) is 0.917. The molecule has 0 spiro atoms. The van der Waals surface area contributed by atoms with E-state index in [2.05, 4.69) is 10.2 Å². The Balaban J connectivity index is 1.93. The molecule has 0 radical (unpaired) electrons. The Labute approximate surface area is 97.0 Å². The van der Waals surface area contributed by atoms with Crippen molar-refractivity contribution in [2.24, 2.45) is 11.8 Å². The molecule has 4 heteroatoms. The minimum Gasteiger partial charge on any atom is -0.480 e. The predicted octanol–water partition coefficient (Wildman–Crippen LogP) is 0.781. The Morgan fingerprint density at radius 2 is 2.25 bits per heavy atom. The van der Waals surface area contributed by atoms with Gasteiger partial charge in [-0.2, -0.15) is 0 Å². The summed E-state index contributed by atoms with van der Waals surface area (Å²) >= 11 is 0. The highest BCUT2D eigenvalue weighted by atomic mass is 16.4. The van der Waals surface area contributed by atoms with E-state index in [4.69, 9.17) is 0 Å². The lowest BCUT2D eigenvalue weighted by Gasteiger charge is -2.36. The van der Waals surface area contributed by atoms with E-state index in [9.17, 15) is 9.90 Å². The fourth-order valence-corrected chi connectivity index (χ4v) is 2.87. The minimum absolute atomic E-state index is 0.209. The summed E-state index contributed by atoms with van der Waals surface area (Å²) in [5.74, 6) is 0.429. The second-order valence-electron chi connectivity index (χ2n) is 5.18. The number of aliphatic carboxylic acids is 1. The molecule has 1 heterocycles. The Bertz CT molecular complexity index is 251. The molecule has 0 aromatic rings.